The fourth-order valence-corrected chi connectivity index (χ4v) is 3.79. The largest absolute Gasteiger partial charge is 0.494 e. The van der Waals surface area contributed by atoms with Gasteiger partial charge in [0.15, 0.2) is 11.6 Å². The second-order valence-electron chi connectivity index (χ2n) is 7.13. The minimum Gasteiger partial charge on any atom is -0.494 e. The third-order valence-corrected chi connectivity index (χ3v) is 5.22. The summed E-state index contributed by atoms with van der Waals surface area (Å²) >= 11 is 0. The van der Waals surface area contributed by atoms with Gasteiger partial charge in [0, 0.05) is 56.5 Å². The molecule has 0 bridgehead atoms. The van der Waals surface area contributed by atoms with Crippen LogP contribution in [0, 0.1) is 11.6 Å². The van der Waals surface area contributed by atoms with E-state index in [-0.39, 0.29) is 12.6 Å². The van der Waals surface area contributed by atoms with Crippen LogP contribution >= 0.6 is 0 Å². The Morgan fingerprint density at radius 1 is 1.04 bits per heavy atom. The molecule has 0 unspecified atom stereocenters. The average molecular weight is 390 g/mol. The topological polar surface area (TPSA) is 35.9 Å². The number of hydrogen-bond donors (Lipinski definition) is 1. The Balaban J connectivity index is 1.68. The highest BCUT2D eigenvalue weighted by molar-refractivity contribution is 5.33. The zero-order valence-electron chi connectivity index (χ0n) is 16.3. The third-order valence-electron chi connectivity index (χ3n) is 5.22. The number of piperazine rings is 1. The molecule has 0 radical (unpaired) electrons. The molecule has 0 amide bonds. The summed E-state index contributed by atoms with van der Waals surface area (Å²) in [5.74, 6) is -0.693. The van der Waals surface area contributed by atoms with Crippen LogP contribution in [0.4, 0.5) is 8.78 Å². The van der Waals surface area contributed by atoms with E-state index in [1.807, 2.05) is 25.1 Å². The van der Waals surface area contributed by atoms with Crippen LogP contribution in [0.2, 0.25) is 0 Å². The zero-order valence-corrected chi connectivity index (χ0v) is 16.3. The van der Waals surface area contributed by atoms with Gasteiger partial charge in [0.25, 0.3) is 0 Å². The van der Waals surface area contributed by atoms with Gasteiger partial charge in [-0.3, -0.25) is 9.80 Å². The van der Waals surface area contributed by atoms with Gasteiger partial charge in [0.2, 0.25) is 0 Å². The van der Waals surface area contributed by atoms with Crippen molar-refractivity contribution in [3.05, 3.63) is 65.2 Å². The molecule has 0 spiro atoms. The summed E-state index contributed by atoms with van der Waals surface area (Å²) in [6.45, 7) is 6.04. The lowest BCUT2D eigenvalue weighted by molar-refractivity contribution is 0.0488. The van der Waals surface area contributed by atoms with E-state index in [2.05, 4.69) is 15.9 Å². The molecule has 1 heterocycles. The first-order valence-corrected chi connectivity index (χ1v) is 9.83. The van der Waals surface area contributed by atoms with Crippen molar-refractivity contribution in [2.24, 2.45) is 0 Å². The molecule has 1 aliphatic heterocycles. The van der Waals surface area contributed by atoms with E-state index < -0.39 is 11.6 Å². The fraction of sp³-hybridized carbons (Fsp3) is 0.455. The molecule has 6 heteroatoms. The summed E-state index contributed by atoms with van der Waals surface area (Å²) in [5, 5.41) is 9.52. The molecule has 0 aromatic heterocycles. The predicted octanol–water partition coefficient (Wildman–Crippen LogP) is 3.43. The first-order valence-electron chi connectivity index (χ1n) is 9.83. The predicted molar refractivity (Wildman–Crippen MR) is 105 cm³/mol. The van der Waals surface area contributed by atoms with Crippen LogP contribution in [0.25, 0.3) is 0 Å². The molecular formula is C22H28F2N2O2. The maximum absolute atomic E-state index is 14.0. The van der Waals surface area contributed by atoms with Crippen LogP contribution in [0.5, 0.6) is 5.75 Å². The minimum atomic E-state index is -0.810. The first-order chi connectivity index (χ1) is 13.6. The number of rotatable bonds is 8. The van der Waals surface area contributed by atoms with Crippen molar-refractivity contribution in [1.82, 2.24) is 9.80 Å². The molecule has 0 saturated carbocycles. The SMILES string of the molecule is CCOc1ccccc1CN1CCN(Cc2cccc(F)c2F)C[C@H]1CCO. The Kier molecular flexibility index (Phi) is 7.36. The van der Waals surface area contributed by atoms with Gasteiger partial charge in [0.1, 0.15) is 5.75 Å². The van der Waals surface area contributed by atoms with Gasteiger partial charge in [-0.15, -0.1) is 0 Å². The Labute approximate surface area is 165 Å². The molecule has 1 saturated heterocycles. The molecule has 1 atom stereocenters. The van der Waals surface area contributed by atoms with Crippen molar-refractivity contribution in [3.8, 4) is 5.75 Å². The molecule has 1 fully saturated rings. The summed E-state index contributed by atoms with van der Waals surface area (Å²) < 4.78 is 33.2. The standard InChI is InChI=1S/C22H28F2N2O2/c1-2-28-21-9-4-3-6-17(21)15-26-12-11-25(16-19(26)10-13-27)14-18-7-5-8-20(23)22(18)24/h3-9,19,27H,2,10-16H2,1H3/t19-/m1/s1. The van der Waals surface area contributed by atoms with Gasteiger partial charge in [-0.25, -0.2) is 8.78 Å². The Morgan fingerprint density at radius 2 is 1.82 bits per heavy atom. The van der Waals surface area contributed by atoms with Gasteiger partial charge in [-0.05, 0) is 25.5 Å². The number of nitrogens with zero attached hydrogens (tertiary/aromatic N) is 2. The second-order valence-corrected chi connectivity index (χ2v) is 7.13. The van der Waals surface area contributed by atoms with Crippen molar-refractivity contribution in [2.45, 2.75) is 32.5 Å². The lowest BCUT2D eigenvalue weighted by Gasteiger charge is -2.41. The minimum absolute atomic E-state index is 0.0937. The maximum atomic E-state index is 14.0. The Hall–Kier alpha value is -2.02. The summed E-state index contributed by atoms with van der Waals surface area (Å²) in [6, 6.07) is 12.5. The van der Waals surface area contributed by atoms with Gasteiger partial charge < -0.3 is 9.84 Å². The monoisotopic (exact) mass is 390 g/mol. The van der Waals surface area contributed by atoms with E-state index in [9.17, 15) is 13.9 Å². The van der Waals surface area contributed by atoms with E-state index in [1.165, 1.54) is 0 Å². The molecule has 2 aromatic rings. The molecule has 1 N–H and O–H groups in total. The molecule has 2 aromatic carbocycles. The van der Waals surface area contributed by atoms with Crippen molar-refractivity contribution in [2.75, 3.05) is 32.8 Å². The first kappa shape index (κ1) is 20.7. The van der Waals surface area contributed by atoms with Gasteiger partial charge in [-0.1, -0.05) is 30.3 Å². The van der Waals surface area contributed by atoms with Crippen molar-refractivity contribution >= 4 is 0 Å². The van der Waals surface area contributed by atoms with Gasteiger partial charge in [-0.2, -0.15) is 0 Å². The lowest BCUT2D eigenvalue weighted by Crippen LogP contribution is -2.52. The van der Waals surface area contributed by atoms with E-state index in [0.717, 1.165) is 37.0 Å². The van der Waals surface area contributed by atoms with Crippen LogP contribution < -0.4 is 4.74 Å². The van der Waals surface area contributed by atoms with E-state index in [1.54, 1.807) is 12.1 Å². The average Bonchev–Trinajstić information content (AvgIpc) is 2.69. The third kappa shape index (κ3) is 5.07. The number of aliphatic hydroxyl groups excluding tert-OH is 1. The van der Waals surface area contributed by atoms with E-state index >= 15 is 0 Å². The molecular weight excluding hydrogens is 362 g/mol. The zero-order chi connectivity index (χ0) is 19.9. The van der Waals surface area contributed by atoms with Crippen LogP contribution in [0.15, 0.2) is 42.5 Å². The summed E-state index contributed by atoms with van der Waals surface area (Å²) in [6.07, 6.45) is 0.638. The van der Waals surface area contributed by atoms with E-state index in [4.69, 9.17) is 4.74 Å². The van der Waals surface area contributed by atoms with Crippen molar-refractivity contribution < 1.29 is 18.6 Å². The number of benzene rings is 2. The maximum Gasteiger partial charge on any atom is 0.163 e. The number of ether oxygens (including phenoxy) is 1. The second kappa shape index (κ2) is 9.96. The highest BCUT2D eigenvalue weighted by Gasteiger charge is 2.28. The molecule has 3 rings (SSSR count). The van der Waals surface area contributed by atoms with Crippen molar-refractivity contribution in [3.63, 3.8) is 0 Å². The lowest BCUT2D eigenvalue weighted by atomic mass is 10.1. The van der Waals surface area contributed by atoms with Crippen LogP contribution in [-0.2, 0) is 13.1 Å². The molecule has 1 aliphatic rings. The Morgan fingerprint density at radius 3 is 2.61 bits per heavy atom. The number of aliphatic hydroxyl groups is 1. The summed E-state index contributed by atoms with van der Waals surface area (Å²) in [7, 11) is 0. The quantitative estimate of drug-likeness (QED) is 0.749. The summed E-state index contributed by atoms with van der Waals surface area (Å²) in [5.41, 5.74) is 1.50. The highest BCUT2D eigenvalue weighted by Crippen LogP contribution is 2.24. The fourth-order valence-electron chi connectivity index (χ4n) is 3.79. The van der Waals surface area contributed by atoms with Crippen molar-refractivity contribution in [1.29, 1.82) is 0 Å². The molecule has 28 heavy (non-hydrogen) atoms. The Bertz CT molecular complexity index is 772. The van der Waals surface area contributed by atoms with E-state index in [0.29, 0.717) is 31.7 Å². The van der Waals surface area contributed by atoms with Gasteiger partial charge in [0.05, 0.1) is 6.61 Å². The summed E-state index contributed by atoms with van der Waals surface area (Å²) in [4.78, 5) is 4.47. The highest BCUT2D eigenvalue weighted by atomic mass is 19.2. The number of hydrogen-bond acceptors (Lipinski definition) is 4. The number of para-hydroxylation sites is 1. The smallest absolute Gasteiger partial charge is 0.163 e. The van der Waals surface area contributed by atoms with Crippen LogP contribution in [-0.4, -0.2) is 53.8 Å². The number of halogens is 2. The van der Waals surface area contributed by atoms with Crippen LogP contribution in [0.1, 0.15) is 24.5 Å². The van der Waals surface area contributed by atoms with Crippen LogP contribution in [0.3, 0.4) is 0 Å². The molecule has 4 nitrogen and oxygen atoms in total. The normalized spacial score (nSPS) is 18.4. The molecule has 152 valence electrons. The molecule has 0 aliphatic carbocycles. The van der Waals surface area contributed by atoms with Gasteiger partial charge >= 0.3 is 0 Å².